The number of hydrogen-bond donors (Lipinski definition) is 2. The standard InChI is InChI=1S/C16H14F2N2O/c17-16(18)21-15-8-4-3-7-14(15)20-10-11-9-19-13-6-2-1-5-12(11)13/h1-9,16,19-20H,10H2. The van der Waals surface area contributed by atoms with Gasteiger partial charge in [-0.2, -0.15) is 8.78 Å². The third-order valence-electron chi connectivity index (χ3n) is 3.25. The van der Waals surface area contributed by atoms with Crippen LogP contribution in [0.25, 0.3) is 10.9 Å². The average molecular weight is 288 g/mol. The van der Waals surface area contributed by atoms with Crippen molar-refractivity contribution in [3.63, 3.8) is 0 Å². The fourth-order valence-corrected chi connectivity index (χ4v) is 2.28. The first-order valence-electron chi connectivity index (χ1n) is 6.57. The lowest BCUT2D eigenvalue weighted by atomic mass is 10.1. The number of anilines is 1. The molecule has 108 valence electrons. The lowest BCUT2D eigenvalue weighted by molar-refractivity contribution is -0.0493. The topological polar surface area (TPSA) is 37.0 Å². The molecule has 1 heterocycles. The molecule has 21 heavy (non-hydrogen) atoms. The number of aromatic nitrogens is 1. The molecular formula is C16H14F2N2O. The Hall–Kier alpha value is -2.56. The smallest absolute Gasteiger partial charge is 0.387 e. The Morgan fingerprint density at radius 3 is 2.67 bits per heavy atom. The maximum absolute atomic E-state index is 12.4. The van der Waals surface area contributed by atoms with E-state index < -0.39 is 6.61 Å². The number of nitrogens with one attached hydrogen (secondary N) is 2. The second-order valence-corrected chi connectivity index (χ2v) is 4.59. The second kappa shape index (κ2) is 5.83. The molecule has 1 aromatic heterocycles. The minimum Gasteiger partial charge on any atom is -0.433 e. The van der Waals surface area contributed by atoms with Gasteiger partial charge in [-0.15, -0.1) is 0 Å². The zero-order valence-electron chi connectivity index (χ0n) is 11.1. The molecule has 0 fully saturated rings. The summed E-state index contributed by atoms with van der Waals surface area (Å²) in [5, 5.41) is 4.24. The lowest BCUT2D eigenvalue weighted by Gasteiger charge is -2.12. The van der Waals surface area contributed by atoms with E-state index in [4.69, 9.17) is 0 Å². The molecule has 0 unspecified atom stereocenters. The van der Waals surface area contributed by atoms with Gasteiger partial charge >= 0.3 is 6.61 Å². The van der Waals surface area contributed by atoms with Crippen LogP contribution in [0, 0.1) is 0 Å². The van der Waals surface area contributed by atoms with Crippen LogP contribution in [-0.2, 0) is 6.54 Å². The van der Waals surface area contributed by atoms with E-state index >= 15 is 0 Å². The fraction of sp³-hybridized carbons (Fsp3) is 0.125. The fourth-order valence-electron chi connectivity index (χ4n) is 2.28. The molecule has 2 N–H and O–H groups in total. The number of H-pyrrole nitrogens is 1. The van der Waals surface area contributed by atoms with Gasteiger partial charge in [0.1, 0.15) is 5.75 Å². The Morgan fingerprint density at radius 2 is 1.81 bits per heavy atom. The van der Waals surface area contributed by atoms with Crippen LogP contribution in [0.3, 0.4) is 0 Å². The summed E-state index contributed by atoms with van der Waals surface area (Å²) in [5.41, 5.74) is 2.66. The van der Waals surface area contributed by atoms with Crippen LogP contribution in [0.2, 0.25) is 0 Å². The molecule has 0 saturated carbocycles. The Labute approximate surface area is 120 Å². The van der Waals surface area contributed by atoms with Gasteiger partial charge in [0, 0.05) is 23.6 Å². The third kappa shape index (κ3) is 2.97. The Balaban J connectivity index is 1.79. The summed E-state index contributed by atoms with van der Waals surface area (Å²) >= 11 is 0. The van der Waals surface area contributed by atoms with Crippen molar-refractivity contribution in [3.05, 3.63) is 60.3 Å². The molecule has 3 rings (SSSR count). The zero-order valence-corrected chi connectivity index (χ0v) is 11.1. The van der Waals surface area contributed by atoms with E-state index in [9.17, 15) is 8.78 Å². The summed E-state index contributed by atoms with van der Waals surface area (Å²) < 4.78 is 29.2. The van der Waals surface area contributed by atoms with E-state index in [1.165, 1.54) is 6.07 Å². The molecule has 3 nitrogen and oxygen atoms in total. The van der Waals surface area contributed by atoms with Gasteiger partial charge in [-0.05, 0) is 23.8 Å². The van der Waals surface area contributed by atoms with Crippen LogP contribution in [0.15, 0.2) is 54.7 Å². The van der Waals surface area contributed by atoms with E-state index in [-0.39, 0.29) is 5.75 Å². The van der Waals surface area contributed by atoms with Gasteiger partial charge in [-0.3, -0.25) is 0 Å². The van der Waals surface area contributed by atoms with E-state index in [0.717, 1.165) is 16.5 Å². The highest BCUT2D eigenvalue weighted by atomic mass is 19.3. The van der Waals surface area contributed by atoms with E-state index in [1.54, 1.807) is 18.2 Å². The predicted octanol–water partition coefficient (Wildman–Crippen LogP) is 4.38. The second-order valence-electron chi connectivity index (χ2n) is 4.59. The van der Waals surface area contributed by atoms with Gasteiger partial charge in [0.25, 0.3) is 0 Å². The number of benzene rings is 2. The third-order valence-corrected chi connectivity index (χ3v) is 3.25. The molecule has 0 aliphatic carbocycles. The van der Waals surface area contributed by atoms with Crippen LogP contribution in [0.5, 0.6) is 5.75 Å². The first-order chi connectivity index (χ1) is 10.2. The summed E-state index contributed by atoms with van der Waals surface area (Å²) in [5.74, 6) is 0.146. The normalized spacial score (nSPS) is 11.0. The molecule has 3 aromatic rings. The predicted molar refractivity (Wildman–Crippen MR) is 78.7 cm³/mol. The van der Waals surface area contributed by atoms with Gasteiger partial charge in [0.2, 0.25) is 0 Å². The molecule has 0 aliphatic rings. The first-order valence-corrected chi connectivity index (χ1v) is 6.57. The summed E-state index contributed by atoms with van der Waals surface area (Å²) in [4.78, 5) is 3.18. The summed E-state index contributed by atoms with van der Waals surface area (Å²) in [6.07, 6.45) is 1.91. The highest BCUT2D eigenvalue weighted by molar-refractivity contribution is 5.83. The number of rotatable bonds is 5. The van der Waals surface area contributed by atoms with Gasteiger partial charge in [-0.25, -0.2) is 0 Å². The van der Waals surface area contributed by atoms with Crippen LogP contribution in [-0.4, -0.2) is 11.6 Å². The van der Waals surface area contributed by atoms with E-state index in [0.29, 0.717) is 12.2 Å². The minimum atomic E-state index is -2.83. The number of ether oxygens (including phenoxy) is 1. The first kappa shape index (κ1) is 13.4. The quantitative estimate of drug-likeness (QED) is 0.731. The van der Waals surface area contributed by atoms with Crippen molar-refractivity contribution in [1.29, 1.82) is 0 Å². The number of aromatic amines is 1. The molecule has 0 saturated heterocycles. The largest absolute Gasteiger partial charge is 0.433 e. The number of fused-ring (bicyclic) bond motifs is 1. The Kier molecular flexibility index (Phi) is 3.73. The highest BCUT2D eigenvalue weighted by Gasteiger charge is 2.09. The van der Waals surface area contributed by atoms with E-state index in [1.807, 2.05) is 30.5 Å². The van der Waals surface area contributed by atoms with Crippen LogP contribution in [0.4, 0.5) is 14.5 Å². The van der Waals surface area contributed by atoms with Gasteiger partial charge in [0.15, 0.2) is 0 Å². The molecule has 0 amide bonds. The maximum Gasteiger partial charge on any atom is 0.387 e. The minimum absolute atomic E-state index is 0.146. The molecule has 0 radical (unpaired) electrons. The zero-order chi connectivity index (χ0) is 14.7. The van der Waals surface area contributed by atoms with Crippen LogP contribution in [0.1, 0.15) is 5.56 Å². The molecule has 0 spiro atoms. The van der Waals surface area contributed by atoms with Gasteiger partial charge in [0.05, 0.1) is 5.69 Å². The van der Waals surface area contributed by atoms with E-state index in [2.05, 4.69) is 15.0 Å². The van der Waals surface area contributed by atoms with Crippen molar-refractivity contribution in [3.8, 4) is 5.75 Å². The maximum atomic E-state index is 12.4. The monoisotopic (exact) mass is 288 g/mol. The Morgan fingerprint density at radius 1 is 1.05 bits per heavy atom. The SMILES string of the molecule is FC(F)Oc1ccccc1NCc1c[nH]c2ccccc12. The number of hydrogen-bond acceptors (Lipinski definition) is 2. The summed E-state index contributed by atoms with van der Waals surface area (Å²) in [6, 6.07) is 14.6. The molecule has 5 heteroatoms. The van der Waals surface area contributed by atoms with Crippen molar-refractivity contribution in [2.45, 2.75) is 13.2 Å². The molecule has 0 bridgehead atoms. The van der Waals surface area contributed by atoms with Gasteiger partial charge in [-0.1, -0.05) is 30.3 Å². The van der Waals surface area contributed by atoms with Crippen LogP contribution >= 0.6 is 0 Å². The van der Waals surface area contributed by atoms with Crippen molar-refractivity contribution in [2.24, 2.45) is 0 Å². The molecule has 0 aliphatic heterocycles. The van der Waals surface area contributed by atoms with Crippen molar-refractivity contribution >= 4 is 16.6 Å². The number of alkyl halides is 2. The average Bonchev–Trinajstić information content (AvgIpc) is 2.89. The molecular weight excluding hydrogens is 274 g/mol. The lowest BCUT2D eigenvalue weighted by Crippen LogP contribution is -2.06. The molecule has 0 atom stereocenters. The number of para-hydroxylation sites is 3. The van der Waals surface area contributed by atoms with Crippen molar-refractivity contribution in [2.75, 3.05) is 5.32 Å². The Bertz CT molecular complexity index is 740. The van der Waals surface area contributed by atoms with Crippen molar-refractivity contribution in [1.82, 2.24) is 4.98 Å². The number of halogens is 2. The van der Waals surface area contributed by atoms with Crippen LogP contribution < -0.4 is 10.1 Å². The summed E-state index contributed by atoms with van der Waals surface area (Å²) in [6.45, 7) is -2.31. The summed E-state index contributed by atoms with van der Waals surface area (Å²) in [7, 11) is 0. The molecule has 2 aromatic carbocycles. The highest BCUT2D eigenvalue weighted by Crippen LogP contribution is 2.27. The van der Waals surface area contributed by atoms with Crippen molar-refractivity contribution < 1.29 is 13.5 Å². The van der Waals surface area contributed by atoms with Gasteiger partial charge < -0.3 is 15.0 Å².